The van der Waals surface area contributed by atoms with Crippen molar-refractivity contribution in [1.82, 2.24) is 10.3 Å². The summed E-state index contributed by atoms with van der Waals surface area (Å²) in [7, 11) is 0. The Morgan fingerprint density at radius 2 is 1.89 bits per heavy atom. The van der Waals surface area contributed by atoms with Crippen molar-refractivity contribution in [2.24, 2.45) is 5.73 Å². The fraction of sp³-hybridized carbons (Fsp3) is 0.538. The van der Waals surface area contributed by atoms with E-state index in [9.17, 15) is 9.59 Å². The number of Topliss-reactive ketones (excluding diaryl/α,β-unsaturated/α-hetero) is 1. The summed E-state index contributed by atoms with van der Waals surface area (Å²) >= 11 is 0. The zero-order valence-corrected chi connectivity index (χ0v) is 11.6. The first-order valence-electron chi connectivity index (χ1n) is 5.92. The lowest BCUT2D eigenvalue weighted by Crippen LogP contribution is -2.49. The highest BCUT2D eigenvalue weighted by molar-refractivity contribution is 6.02. The number of carbonyl (C=O) groups excluding carboxylic acids is 2. The van der Waals surface area contributed by atoms with Crippen LogP contribution < -0.4 is 11.1 Å². The molecule has 0 aliphatic carbocycles. The zero-order valence-electron chi connectivity index (χ0n) is 11.6. The molecule has 18 heavy (non-hydrogen) atoms. The number of amides is 1. The summed E-state index contributed by atoms with van der Waals surface area (Å²) in [5, 5.41) is 2.84. The molecule has 0 aromatic carbocycles. The van der Waals surface area contributed by atoms with Crippen LogP contribution in [0.25, 0.3) is 0 Å². The lowest BCUT2D eigenvalue weighted by Gasteiger charge is -2.24. The summed E-state index contributed by atoms with van der Waals surface area (Å²) in [6.07, 6.45) is 0. The first kappa shape index (κ1) is 14.4. The molecular weight excluding hydrogens is 230 g/mol. The molecule has 1 heterocycles. The molecule has 4 N–H and O–H groups in total. The van der Waals surface area contributed by atoms with Crippen molar-refractivity contribution < 1.29 is 9.59 Å². The Labute approximate surface area is 107 Å². The average molecular weight is 251 g/mol. The molecule has 1 amide bonds. The van der Waals surface area contributed by atoms with E-state index in [0.29, 0.717) is 23.4 Å². The molecule has 0 fully saturated rings. The molecule has 0 saturated carbocycles. The molecule has 0 unspecified atom stereocenters. The fourth-order valence-electron chi connectivity index (χ4n) is 1.93. The lowest BCUT2D eigenvalue weighted by atomic mass is 10.0. The van der Waals surface area contributed by atoms with Crippen LogP contribution in [-0.4, -0.2) is 28.8 Å². The molecule has 5 heteroatoms. The lowest BCUT2D eigenvalue weighted by molar-refractivity contribution is 0.0910. The Bertz CT molecular complexity index is 487. The van der Waals surface area contributed by atoms with Crippen LogP contribution in [0, 0.1) is 13.8 Å². The SMILES string of the molecule is CC(=O)c1c(C)[nH]c(C(=O)NC(C)(C)CN)c1C. The van der Waals surface area contributed by atoms with Gasteiger partial charge in [-0.25, -0.2) is 0 Å². The number of rotatable bonds is 4. The largest absolute Gasteiger partial charge is 0.354 e. The molecule has 1 rings (SSSR count). The minimum absolute atomic E-state index is 0.0432. The number of aromatic amines is 1. The third-order valence-electron chi connectivity index (χ3n) is 2.98. The topological polar surface area (TPSA) is 88.0 Å². The molecule has 0 aliphatic rings. The number of nitrogens with two attached hydrogens (primary N) is 1. The van der Waals surface area contributed by atoms with Gasteiger partial charge in [-0.3, -0.25) is 9.59 Å². The molecule has 1 aromatic rings. The smallest absolute Gasteiger partial charge is 0.268 e. The third kappa shape index (κ3) is 2.79. The monoisotopic (exact) mass is 251 g/mol. The van der Waals surface area contributed by atoms with Crippen molar-refractivity contribution in [3.8, 4) is 0 Å². The van der Waals surface area contributed by atoms with E-state index in [4.69, 9.17) is 5.73 Å². The number of ketones is 1. The maximum Gasteiger partial charge on any atom is 0.268 e. The van der Waals surface area contributed by atoms with Crippen LogP contribution in [0.5, 0.6) is 0 Å². The van der Waals surface area contributed by atoms with Gasteiger partial charge < -0.3 is 16.0 Å². The molecule has 0 radical (unpaired) electrons. The van der Waals surface area contributed by atoms with Crippen LogP contribution in [0.4, 0.5) is 0 Å². The maximum absolute atomic E-state index is 12.1. The van der Waals surface area contributed by atoms with Crippen LogP contribution >= 0.6 is 0 Å². The number of hydrogen-bond acceptors (Lipinski definition) is 3. The van der Waals surface area contributed by atoms with Gasteiger partial charge in [0.1, 0.15) is 5.69 Å². The van der Waals surface area contributed by atoms with Crippen LogP contribution in [0.15, 0.2) is 0 Å². The highest BCUT2D eigenvalue weighted by Crippen LogP contribution is 2.18. The second kappa shape index (κ2) is 4.94. The minimum atomic E-state index is -0.473. The number of carbonyl (C=O) groups is 2. The van der Waals surface area contributed by atoms with E-state index in [1.165, 1.54) is 6.92 Å². The van der Waals surface area contributed by atoms with E-state index in [1.54, 1.807) is 13.8 Å². The van der Waals surface area contributed by atoms with Crippen molar-refractivity contribution >= 4 is 11.7 Å². The molecule has 0 atom stereocenters. The number of aromatic nitrogens is 1. The van der Waals surface area contributed by atoms with Gasteiger partial charge in [-0.1, -0.05) is 0 Å². The Kier molecular flexibility index (Phi) is 3.96. The number of hydrogen-bond donors (Lipinski definition) is 3. The second-order valence-electron chi connectivity index (χ2n) is 5.22. The van der Waals surface area contributed by atoms with Gasteiger partial charge in [0.25, 0.3) is 5.91 Å². The molecule has 1 aromatic heterocycles. The quantitative estimate of drug-likeness (QED) is 0.705. The summed E-state index contributed by atoms with van der Waals surface area (Å²) in [4.78, 5) is 26.6. The van der Waals surface area contributed by atoms with Gasteiger partial charge in [0.05, 0.1) is 0 Å². The van der Waals surface area contributed by atoms with Crippen molar-refractivity contribution in [2.45, 2.75) is 40.2 Å². The van der Waals surface area contributed by atoms with Crippen LogP contribution in [0.3, 0.4) is 0 Å². The zero-order chi connectivity index (χ0) is 14.1. The van der Waals surface area contributed by atoms with E-state index in [0.717, 1.165) is 5.69 Å². The molecule has 5 nitrogen and oxygen atoms in total. The fourth-order valence-corrected chi connectivity index (χ4v) is 1.93. The molecule has 0 bridgehead atoms. The predicted octanol–water partition coefficient (Wildman–Crippen LogP) is 1.30. The summed E-state index contributed by atoms with van der Waals surface area (Å²) in [6, 6.07) is 0. The van der Waals surface area contributed by atoms with Crippen molar-refractivity contribution in [3.63, 3.8) is 0 Å². The maximum atomic E-state index is 12.1. The van der Waals surface area contributed by atoms with Crippen molar-refractivity contribution in [3.05, 3.63) is 22.5 Å². The normalized spacial score (nSPS) is 11.4. The van der Waals surface area contributed by atoms with E-state index >= 15 is 0 Å². The first-order valence-corrected chi connectivity index (χ1v) is 5.92. The van der Waals surface area contributed by atoms with Gasteiger partial charge in [0.2, 0.25) is 0 Å². The minimum Gasteiger partial charge on any atom is -0.354 e. The van der Waals surface area contributed by atoms with E-state index in [-0.39, 0.29) is 11.7 Å². The Balaban J connectivity index is 3.09. The molecule has 0 spiro atoms. The van der Waals surface area contributed by atoms with Gasteiger partial charge in [0.15, 0.2) is 5.78 Å². The molecule has 0 saturated heterocycles. The number of H-pyrrole nitrogens is 1. The highest BCUT2D eigenvalue weighted by Gasteiger charge is 2.24. The van der Waals surface area contributed by atoms with E-state index < -0.39 is 5.54 Å². The van der Waals surface area contributed by atoms with Crippen molar-refractivity contribution in [2.75, 3.05) is 6.54 Å². The second-order valence-corrected chi connectivity index (χ2v) is 5.22. The van der Waals surface area contributed by atoms with E-state index in [2.05, 4.69) is 10.3 Å². The molecular formula is C13H21N3O2. The van der Waals surface area contributed by atoms with Gasteiger partial charge >= 0.3 is 0 Å². The van der Waals surface area contributed by atoms with Crippen LogP contribution in [0.1, 0.15) is 52.9 Å². The summed E-state index contributed by atoms with van der Waals surface area (Å²) < 4.78 is 0. The van der Waals surface area contributed by atoms with Crippen LogP contribution in [0.2, 0.25) is 0 Å². The van der Waals surface area contributed by atoms with Gasteiger partial charge in [-0.2, -0.15) is 0 Å². The first-order chi connectivity index (χ1) is 8.19. The van der Waals surface area contributed by atoms with Crippen molar-refractivity contribution in [1.29, 1.82) is 0 Å². The van der Waals surface area contributed by atoms with Gasteiger partial charge in [0, 0.05) is 23.3 Å². The van der Waals surface area contributed by atoms with E-state index in [1.807, 2.05) is 13.8 Å². The third-order valence-corrected chi connectivity index (χ3v) is 2.98. The number of nitrogens with one attached hydrogen (secondary N) is 2. The molecule has 0 aliphatic heterocycles. The standard InChI is InChI=1S/C13H21N3O2/c1-7-10(9(3)17)8(2)15-11(7)12(18)16-13(4,5)6-14/h15H,6,14H2,1-5H3,(H,16,18). The summed E-state index contributed by atoms with van der Waals surface area (Å²) in [5.41, 5.74) is 7.52. The highest BCUT2D eigenvalue weighted by atomic mass is 16.2. The average Bonchev–Trinajstić information content (AvgIpc) is 2.53. The Hall–Kier alpha value is -1.62. The predicted molar refractivity (Wildman–Crippen MR) is 70.9 cm³/mol. The summed E-state index contributed by atoms with van der Waals surface area (Å²) in [5.74, 6) is -0.281. The molecule has 100 valence electrons. The van der Waals surface area contributed by atoms with Crippen LogP contribution in [-0.2, 0) is 0 Å². The Morgan fingerprint density at radius 3 is 2.28 bits per heavy atom. The number of aryl methyl sites for hydroxylation is 1. The Morgan fingerprint density at radius 1 is 1.33 bits per heavy atom. The van der Waals surface area contributed by atoms with Gasteiger partial charge in [-0.15, -0.1) is 0 Å². The summed E-state index contributed by atoms with van der Waals surface area (Å²) in [6.45, 7) is 9.09. The van der Waals surface area contributed by atoms with Gasteiger partial charge in [-0.05, 0) is 40.2 Å².